The normalized spacial score (nSPS) is 20.2. The SMILES string of the molecule is NC(CCOCC(F)(F)F)CC1CCCC1. The predicted octanol–water partition coefficient (Wildman–Crippen LogP) is 2.86. The molecule has 1 unspecified atom stereocenters. The van der Waals surface area contributed by atoms with Crippen molar-refractivity contribution in [1.82, 2.24) is 0 Å². The van der Waals surface area contributed by atoms with Crippen LogP contribution in [0.15, 0.2) is 0 Å². The summed E-state index contributed by atoms with van der Waals surface area (Å²) >= 11 is 0. The molecular formula is C11H20F3NO. The van der Waals surface area contributed by atoms with Gasteiger partial charge < -0.3 is 10.5 Å². The number of halogens is 3. The topological polar surface area (TPSA) is 35.2 Å². The van der Waals surface area contributed by atoms with Gasteiger partial charge in [-0.2, -0.15) is 13.2 Å². The number of ether oxygens (including phenoxy) is 1. The highest BCUT2D eigenvalue weighted by atomic mass is 19.4. The highest BCUT2D eigenvalue weighted by Gasteiger charge is 2.27. The minimum atomic E-state index is -4.23. The summed E-state index contributed by atoms with van der Waals surface area (Å²) in [7, 11) is 0. The minimum Gasteiger partial charge on any atom is -0.372 e. The molecule has 0 heterocycles. The lowest BCUT2D eigenvalue weighted by atomic mass is 9.97. The van der Waals surface area contributed by atoms with E-state index in [4.69, 9.17) is 5.73 Å². The third-order valence-corrected chi connectivity index (χ3v) is 3.01. The molecule has 1 rings (SSSR count). The molecule has 1 aliphatic rings. The first kappa shape index (κ1) is 13.8. The average molecular weight is 239 g/mol. The molecule has 2 nitrogen and oxygen atoms in total. The average Bonchev–Trinajstić information content (AvgIpc) is 2.63. The van der Waals surface area contributed by atoms with E-state index in [2.05, 4.69) is 4.74 Å². The summed E-state index contributed by atoms with van der Waals surface area (Å²) in [6.45, 7) is -1.06. The van der Waals surface area contributed by atoms with Gasteiger partial charge in [0.05, 0.1) is 0 Å². The van der Waals surface area contributed by atoms with Crippen molar-refractivity contribution < 1.29 is 17.9 Å². The quantitative estimate of drug-likeness (QED) is 0.723. The smallest absolute Gasteiger partial charge is 0.372 e. The monoisotopic (exact) mass is 239 g/mol. The molecule has 0 bridgehead atoms. The summed E-state index contributed by atoms with van der Waals surface area (Å²) in [5.74, 6) is 0.678. The maximum atomic E-state index is 11.8. The van der Waals surface area contributed by atoms with Crippen molar-refractivity contribution in [3.8, 4) is 0 Å². The van der Waals surface area contributed by atoms with E-state index in [1.807, 2.05) is 0 Å². The van der Waals surface area contributed by atoms with Crippen molar-refractivity contribution in [2.24, 2.45) is 11.7 Å². The van der Waals surface area contributed by atoms with Crippen molar-refractivity contribution in [2.75, 3.05) is 13.2 Å². The van der Waals surface area contributed by atoms with E-state index in [0.29, 0.717) is 12.3 Å². The molecule has 16 heavy (non-hydrogen) atoms. The van der Waals surface area contributed by atoms with Crippen LogP contribution in [0, 0.1) is 5.92 Å². The molecule has 1 saturated carbocycles. The van der Waals surface area contributed by atoms with E-state index in [-0.39, 0.29) is 12.6 Å². The summed E-state index contributed by atoms with van der Waals surface area (Å²) in [5, 5.41) is 0. The van der Waals surface area contributed by atoms with Gasteiger partial charge in [-0.05, 0) is 18.8 Å². The summed E-state index contributed by atoms with van der Waals surface area (Å²) < 4.78 is 39.8. The van der Waals surface area contributed by atoms with Crippen LogP contribution in [-0.2, 0) is 4.74 Å². The first-order chi connectivity index (χ1) is 7.47. The molecule has 0 aromatic rings. The maximum Gasteiger partial charge on any atom is 0.411 e. The second-order valence-electron chi connectivity index (χ2n) is 4.60. The zero-order valence-corrected chi connectivity index (χ0v) is 9.43. The molecule has 0 aromatic heterocycles. The first-order valence-electron chi connectivity index (χ1n) is 5.87. The molecule has 0 aliphatic heterocycles. The molecule has 1 atom stereocenters. The molecule has 5 heteroatoms. The van der Waals surface area contributed by atoms with Crippen molar-refractivity contribution >= 4 is 0 Å². The molecular weight excluding hydrogens is 219 g/mol. The van der Waals surface area contributed by atoms with Crippen LogP contribution in [0.25, 0.3) is 0 Å². The van der Waals surface area contributed by atoms with Crippen LogP contribution in [0.3, 0.4) is 0 Å². The van der Waals surface area contributed by atoms with Gasteiger partial charge in [0, 0.05) is 12.6 Å². The largest absolute Gasteiger partial charge is 0.411 e. The Labute approximate surface area is 94.3 Å². The Morgan fingerprint density at radius 1 is 1.25 bits per heavy atom. The van der Waals surface area contributed by atoms with Crippen LogP contribution in [0.2, 0.25) is 0 Å². The maximum absolute atomic E-state index is 11.8. The Bertz CT molecular complexity index is 190. The zero-order chi connectivity index (χ0) is 12.0. The van der Waals surface area contributed by atoms with Crippen LogP contribution in [0.1, 0.15) is 38.5 Å². The van der Waals surface area contributed by atoms with Gasteiger partial charge >= 0.3 is 6.18 Å². The van der Waals surface area contributed by atoms with E-state index < -0.39 is 12.8 Å². The fraction of sp³-hybridized carbons (Fsp3) is 1.00. The van der Waals surface area contributed by atoms with Crippen LogP contribution >= 0.6 is 0 Å². The summed E-state index contributed by atoms with van der Waals surface area (Å²) in [4.78, 5) is 0. The fourth-order valence-corrected chi connectivity index (χ4v) is 2.21. The lowest BCUT2D eigenvalue weighted by Crippen LogP contribution is -2.26. The van der Waals surface area contributed by atoms with Gasteiger partial charge in [-0.3, -0.25) is 0 Å². The van der Waals surface area contributed by atoms with E-state index in [1.54, 1.807) is 0 Å². The van der Waals surface area contributed by atoms with Gasteiger partial charge in [-0.15, -0.1) is 0 Å². The molecule has 2 N–H and O–H groups in total. The van der Waals surface area contributed by atoms with Crippen LogP contribution < -0.4 is 5.73 Å². The molecule has 0 saturated heterocycles. The van der Waals surface area contributed by atoms with Gasteiger partial charge in [0.1, 0.15) is 6.61 Å². The van der Waals surface area contributed by atoms with Gasteiger partial charge in [-0.1, -0.05) is 25.7 Å². The number of alkyl halides is 3. The van der Waals surface area contributed by atoms with E-state index in [1.165, 1.54) is 25.7 Å². The number of hydrogen-bond donors (Lipinski definition) is 1. The van der Waals surface area contributed by atoms with Crippen molar-refractivity contribution in [1.29, 1.82) is 0 Å². The third kappa shape index (κ3) is 6.33. The van der Waals surface area contributed by atoms with Gasteiger partial charge in [0.2, 0.25) is 0 Å². The number of rotatable bonds is 6. The Hall–Kier alpha value is -0.290. The van der Waals surface area contributed by atoms with E-state index >= 15 is 0 Å². The van der Waals surface area contributed by atoms with Crippen molar-refractivity contribution in [2.45, 2.75) is 50.7 Å². The fourth-order valence-electron chi connectivity index (χ4n) is 2.21. The highest BCUT2D eigenvalue weighted by Crippen LogP contribution is 2.28. The molecule has 96 valence electrons. The Kier molecular flexibility index (Phi) is 5.55. The van der Waals surface area contributed by atoms with Gasteiger partial charge in [0.15, 0.2) is 0 Å². The molecule has 0 spiro atoms. The van der Waals surface area contributed by atoms with Crippen LogP contribution in [0.4, 0.5) is 13.2 Å². The van der Waals surface area contributed by atoms with E-state index in [0.717, 1.165) is 6.42 Å². The lowest BCUT2D eigenvalue weighted by Gasteiger charge is -2.16. The minimum absolute atomic E-state index is 0.0173. The summed E-state index contributed by atoms with van der Waals surface area (Å²) in [6, 6.07) is -0.0173. The molecule has 1 aliphatic carbocycles. The lowest BCUT2D eigenvalue weighted by molar-refractivity contribution is -0.174. The van der Waals surface area contributed by atoms with Crippen LogP contribution in [-0.4, -0.2) is 25.4 Å². The van der Waals surface area contributed by atoms with E-state index in [9.17, 15) is 13.2 Å². The molecule has 0 radical (unpaired) electrons. The van der Waals surface area contributed by atoms with Crippen LogP contribution in [0.5, 0.6) is 0 Å². The standard InChI is InChI=1S/C11H20F3NO/c12-11(13,14)8-16-6-5-10(15)7-9-3-1-2-4-9/h9-10H,1-8,15H2. The number of hydrogen-bond acceptors (Lipinski definition) is 2. The van der Waals surface area contributed by atoms with Crippen molar-refractivity contribution in [3.05, 3.63) is 0 Å². The predicted molar refractivity (Wildman–Crippen MR) is 56.0 cm³/mol. The molecule has 1 fully saturated rings. The zero-order valence-electron chi connectivity index (χ0n) is 9.43. The molecule has 0 aromatic carbocycles. The Balaban J connectivity index is 1.99. The summed E-state index contributed by atoms with van der Waals surface area (Å²) in [6.07, 6.45) is 2.19. The molecule has 0 amide bonds. The second-order valence-corrected chi connectivity index (χ2v) is 4.60. The Morgan fingerprint density at radius 3 is 2.44 bits per heavy atom. The highest BCUT2D eigenvalue weighted by molar-refractivity contribution is 4.73. The first-order valence-corrected chi connectivity index (χ1v) is 5.87. The van der Waals surface area contributed by atoms with Gasteiger partial charge in [-0.25, -0.2) is 0 Å². The second kappa shape index (κ2) is 6.45. The van der Waals surface area contributed by atoms with Gasteiger partial charge in [0.25, 0.3) is 0 Å². The van der Waals surface area contributed by atoms with Crippen molar-refractivity contribution in [3.63, 3.8) is 0 Å². The Morgan fingerprint density at radius 2 is 1.88 bits per heavy atom. The third-order valence-electron chi connectivity index (χ3n) is 3.01. The number of nitrogens with two attached hydrogens (primary N) is 1. The summed E-state index contributed by atoms with van der Waals surface area (Å²) in [5.41, 5.74) is 5.84.